The number of amides is 1. The highest BCUT2D eigenvalue weighted by atomic mass is 127. The monoisotopic (exact) mass is 634 g/mol. The number of nitrogens with one attached hydrogen (secondary N) is 2. The van der Waals surface area contributed by atoms with Crippen molar-refractivity contribution in [2.45, 2.75) is 73.4 Å². The Morgan fingerprint density at radius 2 is 1.95 bits per heavy atom. The van der Waals surface area contributed by atoms with E-state index in [-0.39, 0.29) is 42.8 Å². The van der Waals surface area contributed by atoms with Crippen molar-refractivity contribution in [3.63, 3.8) is 0 Å². The van der Waals surface area contributed by atoms with Crippen LogP contribution in [-0.4, -0.2) is 58.5 Å². The Kier molecular flexibility index (Phi) is 8.08. The summed E-state index contributed by atoms with van der Waals surface area (Å²) in [6.07, 6.45) is 6.87. The number of carbonyl (C=O) groups excluding carboxylic acids is 1. The van der Waals surface area contributed by atoms with Gasteiger partial charge < -0.3 is 30.7 Å². The van der Waals surface area contributed by atoms with Gasteiger partial charge in [-0.25, -0.2) is 4.98 Å². The molecule has 2 aliphatic carbocycles. The number of H-pyrrole nitrogens is 1. The van der Waals surface area contributed by atoms with Crippen molar-refractivity contribution in [2.24, 2.45) is 5.41 Å². The van der Waals surface area contributed by atoms with Gasteiger partial charge in [-0.2, -0.15) is 5.26 Å². The van der Waals surface area contributed by atoms with E-state index >= 15 is 0 Å². The number of aromatic nitrogens is 2. The lowest BCUT2D eigenvalue weighted by molar-refractivity contribution is -0.0897. The highest BCUT2D eigenvalue weighted by Gasteiger charge is 2.49. The normalized spacial score (nSPS) is 29.2. The number of benzene rings is 1. The minimum atomic E-state index is -1.52. The lowest BCUT2D eigenvalue weighted by atomic mass is 9.75. The van der Waals surface area contributed by atoms with Crippen LogP contribution in [0.2, 0.25) is 0 Å². The molecule has 1 fully saturated rings. The van der Waals surface area contributed by atoms with Crippen LogP contribution in [0.5, 0.6) is 0 Å². The number of carbonyl (C=O) groups is 1. The number of allylic oxidation sites excluding steroid dienone is 2. The number of aliphatic hydroxyl groups excluding tert-OH is 2. The van der Waals surface area contributed by atoms with E-state index < -0.39 is 27.1 Å². The predicted molar refractivity (Wildman–Crippen MR) is 152 cm³/mol. The van der Waals surface area contributed by atoms with E-state index in [0.29, 0.717) is 17.7 Å². The second kappa shape index (κ2) is 10.7. The molecule has 0 unspecified atom stereocenters. The largest absolute Gasteiger partial charge is 0.395 e. The molecule has 10 heteroatoms. The van der Waals surface area contributed by atoms with Crippen LogP contribution in [0.25, 0.3) is 5.57 Å². The van der Waals surface area contributed by atoms with Crippen LogP contribution in [0.1, 0.15) is 86.2 Å². The van der Waals surface area contributed by atoms with Gasteiger partial charge in [-0.3, -0.25) is 4.79 Å². The SMILES string of the molecule is CC1(C)CC=C(c2cc([C@]3(O)C[C@@](O)(CO)CC[C@@](I)(CO)C3)ccc2NC(=O)c2ncc(C#N)[nH]2)CC1. The standard InChI is InChI=1S/C28H35IN4O5/c1-25(2)7-5-18(6-8-25)21-11-19(3-4-22(21)33-24(36)23-31-13-20(12-30)32-23)28(38)14-26(29,16-34)9-10-27(37,15-28)17-35/h3-5,11,13,34-35,37-38H,6-10,14-17H2,1-2H3,(H,31,32)(H,33,36)/t26-,27+,28+/m0/s1. The molecule has 2 aromatic rings. The average Bonchev–Trinajstić information content (AvgIpc) is 3.33. The van der Waals surface area contributed by atoms with Gasteiger partial charge in [0.05, 0.1) is 30.6 Å². The van der Waals surface area contributed by atoms with Gasteiger partial charge in [0.1, 0.15) is 11.8 Å². The molecule has 0 aliphatic heterocycles. The number of aromatic amines is 1. The highest BCUT2D eigenvalue weighted by Crippen LogP contribution is 2.49. The molecule has 9 nitrogen and oxygen atoms in total. The van der Waals surface area contributed by atoms with Crippen LogP contribution in [0.3, 0.4) is 0 Å². The fourth-order valence-electron chi connectivity index (χ4n) is 5.44. The van der Waals surface area contributed by atoms with Crippen LogP contribution in [-0.2, 0) is 5.60 Å². The Labute approximate surface area is 236 Å². The molecular weight excluding hydrogens is 599 g/mol. The molecule has 0 bridgehead atoms. The molecule has 6 N–H and O–H groups in total. The van der Waals surface area contributed by atoms with Crippen LogP contribution < -0.4 is 5.32 Å². The van der Waals surface area contributed by atoms with Gasteiger partial charge in [-0.1, -0.05) is 48.6 Å². The van der Waals surface area contributed by atoms with Gasteiger partial charge in [0.25, 0.3) is 5.91 Å². The fourth-order valence-corrected chi connectivity index (χ4v) is 6.34. The van der Waals surface area contributed by atoms with Crippen LogP contribution >= 0.6 is 22.6 Å². The summed E-state index contributed by atoms with van der Waals surface area (Å²) in [5.41, 5.74) is 0.207. The van der Waals surface area contributed by atoms with Crippen molar-refractivity contribution in [3.8, 4) is 6.07 Å². The summed E-state index contributed by atoms with van der Waals surface area (Å²) in [5, 5.41) is 55.1. The number of nitrogens with zero attached hydrogens (tertiary/aromatic N) is 2. The second-order valence-corrected chi connectivity index (χ2v) is 13.9. The van der Waals surface area contributed by atoms with Crippen molar-refractivity contribution >= 4 is 39.8 Å². The Morgan fingerprint density at radius 3 is 2.55 bits per heavy atom. The molecule has 1 aromatic carbocycles. The molecule has 1 aromatic heterocycles. The number of hydrogen-bond acceptors (Lipinski definition) is 7. The van der Waals surface area contributed by atoms with Gasteiger partial charge in [0, 0.05) is 21.1 Å². The number of alkyl halides is 1. The third-order valence-corrected chi connectivity index (χ3v) is 9.14. The molecule has 2 aliphatic rings. The third-order valence-electron chi connectivity index (χ3n) is 7.88. The van der Waals surface area contributed by atoms with Gasteiger partial charge in [-0.15, -0.1) is 0 Å². The molecule has 0 radical (unpaired) electrons. The summed E-state index contributed by atoms with van der Waals surface area (Å²) < 4.78 is -0.676. The molecule has 1 heterocycles. The summed E-state index contributed by atoms with van der Waals surface area (Å²) in [5.74, 6) is -0.477. The molecule has 1 amide bonds. The van der Waals surface area contributed by atoms with E-state index in [1.807, 2.05) is 12.1 Å². The zero-order chi connectivity index (χ0) is 27.8. The molecule has 204 valence electrons. The molecular formula is C28H35IN4O5. The van der Waals surface area contributed by atoms with Crippen LogP contribution in [0, 0.1) is 16.7 Å². The van der Waals surface area contributed by atoms with Crippen LogP contribution in [0.15, 0.2) is 30.5 Å². The average molecular weight is 635 g/mol. The first-order valence-electron chi connectivity index (χ1n) is 12.8. The zero-order valence-corrected chi connectivity index (χ0v) is 23.9. The number of rotatable bonds is 6. The van der Waals surface area contributed by atoms with E-state index in [1.165, 1.54) is 6.20 Å². The number of anilines is 1. The van der Waals surface area contributed by atoms with E-state index in [1.54, 1.807) is 12.1 Å². The smallest absolute Gasteiger partial charge is 0.291 e. The summed E-state index contributed by atoms with van der Waals surface area (Å²) in [4.78, 5) is 19.6. The number of nitriles is 1. The highest BCUT2D eigenvalue weighted by molar-refractivity contribution is 14.1. The first-order valence-corrected chi connectivity index (χ1v) is 13.9. The maximum absolute atomic E-state index is 13.0. The predicted octanol–water partition coefficient (Wildman–Crippen LogP) is 3.78. The Bertz CT molecular complexity index is 1260. The fraction of sp³-hybridized carbons (Fsp3) is 0.536. The van der Waals surface area contributed by atoms with Gasteiger partial charge >= 0.3 is 0 Å². The summed E-state index contributed by atoms with van der Waals surface area (Å²) in [6.45, 7) is 3.75. The maximum Gasteiger partial charge on any atom is 0.291 e. The molecule has 0 saturated heterocycles. The Balaban J connectivity index is 1.77. The number of aliphatic hydroxyl groups is 4. The minimum Gasteiger partial charge on any atom is -0.395 e. The van der Waals surface area contributed by atoms with E-state index in [0.717, 1.165) is 30.4 Å². The Hall–Kier alpha value is -2.30. The maximum atomic E-state index is 13.0. The van der Waals surface area contributed by atoms with Crippen molar-refractivity contribution in [2.75, 3.05) is 18.5 Å². The summed E-state index contributed by atoms with van der Waals surface area (Å²) in [6, 6.07) is 7.21. The molecule has 0 spiro atoms. The molecule has 3 atom stereocenters. The Morgan fingerprint density at radius 1 is 1.18 bits per heavy atom. The second-order valence-electron chi connectivity index (χ2n) is 11.6. The molecule has 4 rings (SSSR count). The molecule has 1 saturated carbocycles. The van der Waals surface area contributed by atoms with Gasteiger partial charge in [-0.05, 0) is 67.2 Å². The van der Waals surface area contributed by atoms with Crippen LogP contribution in [0.4, 0.5) is 5.69 Å². The minimum absolute atomic E-state index is 0.0170. The summed E-state index contributed by atoms with van der Waals surface area (Å²) >= 11 is 2.15. The quantitative estimate of drug-likeness (QED) is 0.160. The lowest BCUT2D eigenvalue weighted by Gasteiger charge is -2.37. The number of imidazole rings is 1. The summed E-state index contributed by atoms with van der Waals surface area (Å²) in [7, 11) is 0. The first kappa shape index (κ1) is 28.7. The number of hydrogen-bond donors (Lipinski definition) is 6. The third kappa shape index (κ3) is 6.13. The van der Waals surface area contributed by atoms with Crippen molar-refractivity contribution in [3.05, 3.63) is 53.1 Å². The van der Waals surface area contributed by atoms with Crippen molar-refractivity contribution in [1.82, 2.24) is 9.97 Å². The molecule has 38 heavy (non-hydrogen) atoms. The van der Waals surface area contributed by atoms with Gasteiger partial charge in [0.2, 0.25) is 0 Å². The first-order chi connectivity index (χ1) is 17.8. The topological polar surface area (TPSA) is 162 Å². The van der Waals surface area contributed by atoms with Crippen molar-refractivity contribution < 1.29 is 25.2 Å². The van der Waals surface area contributed by atoms with E-state index in [9.17, 15) is 25.2 Å². The zero-order valence-electron chi connectivity index (χ0n) is 21.7. The van der Waals surface area contributed by atoms with Crippen molar-refractivity contribution in [1.29, 1.82) is 5.26 Å². The number of halogens is 1. The van der Waals surface area contributed by atoms with Gasteiger partial charge in [0.15, 0.2) is 5.82 Å². The van der Waals surface area contributed by atoms with E-state index in [4.69, 9.17) is 5.26 Å². The lowest BCUT2D eigenvalue weighted by Crippen LogP contribution is -2.42. The van der Waals surface area contributed by atoms with E-state index in [2.05, 4.69) is 57.8 Å².